The molecule has 6 nitrogen and oxygen atoms in total. The van der Waals surface area contributed by atoms with Crippen LogP contribution in [-0.4, -0.2) is 24.1 Å². The molecule has 0 aliphatic heterocycles. The molecule has 0 fully saturated rings. The number of hydrogen-bond acceptors (Lipinski definition) is 5. The summed E-state index contributed by atoms with van der Waals surface area (Å²) in [5.74, 6) is -0.388. The van der Waals surface area contributed by atoms with Gasteiger partial charge >= 0.3 is 5.97 Å². The highest BCUT2D eigenvalue weighted by atomic mass is 35.5. The van der Waals surface area contributed by atoms with Gasteiger partial charge < -0.3 is 9.47 Å². The lowest BCUT2D eigenvalue weighted by atomic mass is 10.2. The lowest BCUT2D eigenvalue weighted by molar-refractivity contribution is -0.385. The lowest BCUT2D eigenvalue weighted by Gasteiger charge is -2.09. The molecule has 0 heterocycles. The lowest BCUT2D eigenvalue weighted by Crippen LogP contribution is -2.13. The molecule has 0 saturated carbocycles. The van der Waals surface area contributed by atoms with Crippen LogP contribution >= 0.6 is 23.2 Å². The zero-order chi connectivity index (χ0) is 16.8. The summed E-state index contributed by atoms with van der Waals surface area (Å²) in [5, 5.41) is 11.7. The Morgan fingerprint density at radius 1 is 1.13 bits per heavy atom. The summed E-state index contributed by atoms with van der Waals surface area (Å²) in [7, 11) is 0. The van der Waals surface area contributed by atoms with Crippen LogP contribution in [0.25, 0.3) is 0 Å². The molecule has 0 aliphatic rings. The van der Waals surface area contributed by atoms with Gasteiger partial charge in [0.1, 0.15) is 24.5 Å². The number of halogens is 2. The zero-order valence-corrected chi connectivity index (χ0v) is 13.2. The van der Waals surface area contributed by atoms with E-state index >= 15 is 0 Å². The number of nitro groups is 1. The second kappa shape index (κ2) is 7.80. The van der Waals surface area contributed by atoms with Crippen LogP contribution < -0.4 is 4.74 Å². The van der Waals surface area contributed by atoms with Crippen LogP contribution in [0.2, 0.25) is 10.0 Å². The van der Waals surface area contributed by atoms with Gasteiger partial charge in [-0.3, -0.25) is 10.1 Å². The van der Waals surface area contributed by atoms with Crippen molar-refractivity contribution in [1.29, 1.82) is 0 Å². The zero-order valence-electron chi connectivity index (χ0n) is 11.7. The van der Waals surface area contributed by atoms with Crippen LogP contribution in [0.3, 0.4) is 0 Å². The molecule has 8 heteroatoms. The number of ether oxygens (including phenoxy) is 2. The van der Waals surface area contributed by atoms with Crippen molar-refractivity contribution in [3.8, 4) is 5.75 Å². The number of hydrogen-bond donors (Lipinski definition) is 0. The molecule has 23 heavy (non-hydrogen) atoms. The van der Waals surface area contributed by atoms with E-state index in [1.54, 1.807) is 12.1 Å². The number of rotatable bonds is 6. The number of para-hydroxylation sites is 1. The fourth-order valence-corrected chi connectivity index (χ4v) is 2.22. The first-order valence-electron chi connectivity index (χ1n) is 6.47. The molecule has 0 atom stereocenters. The smallest absolute Gasteiger partial charge is 0.345 e. The maximum Gasteiger partial charge on any atom is 0.345 e. The van der Waals surface area contributed by atoms with Crippen LogP contribution in [-0.2, 0) is 4.74 Å². The Morgan fingerprint density at radius 2 is 1.87 bits per heavy atom. The van der Waals surface area contributed by atoms with Gasteiger partial charge in [0, 0.05) is 11.1 Å². The first kappa shape index (κ1) is 17.1. The molecule has 0 aliphatic carbocycles. The number of carbonyl (C=O) groups is 1. The van der Waals surface area contributed by atoms with E-state index in [9.17, 15) is 14.9 Å². The Hall–Kier alpha value is -2.31. The van der Waals surface area contributed by atoms with Crippen molar-refractivity contribution in [3.05, 3.63) is 68.2 Å². The molecule has 0 unspecified atom stereocenters. The molecule has 0 amide bonds. The van der Waals surface area contributed by atoms with Crippen LogP contribution in [0.5, 0.6) is 5.75 Å². The molecule has 0 N–H and O–H groups in total. The van der Waals surface area contributed by atoms with Gasteiger partial charge in [-0.1, -0.05) is 35.3 Å². The highest BCUT2D eigenvalue weighted by molar-refractivity contribution is 6.35. The third-order valence-corrected chi connectivity index (χ3v) is 3.32. The van der Waals surface area contributed by atoms with Crippen LogP contribution in [0.1, 0.15) is 10.4 Å². The first-order valence-corrected chi connectivity index (χ1v) is 7.23. The monoisotopic (exact) mass is 355 g/mol. The third-order valence-electron chi connectivity index (χ3n) is 2.79. The minimum Gasteiger partial charge on any atom is -0.488 e. The molecule has 2 aromatic rings. The average molecular weight is 356 g/mol. The predicted octanol–water partition coefficient (Wildman–Crippen LogP) is 4.14. The minimum absolute atomic E-state index is 0.0493. The topological polar surface area (TPSA) is 78.7 Å². The third kappa shape index (κ3) is 4.58. The molecule has 0 bridgehead atoms. The fraction of sp³-hybridized carbons (Fsp3) is 0.133. The Bertz CT molecular complexity index is 736. The van der Waals surface area contributed by atoms with Crippen LogP contribution in [0.15, 0.2) is 42.5 Å². The van der Waals surface area contributed by atoms with E-state index in [2.05, 4.69) is 0 Å². The summed E-state index contributed by atoms with van der Waals surface area (Å²) in [6, 6.07) is 10.3. The van der Waals surface area contributed by atoms with Gasteiger partial charge in [-0.25, -0.2) is 4.79 Å². The SMILES string of the molecule is O=C(OCCOc1ccc(Cl)cc1Cl)c1ccccc1[N+](=O)[O-]. The molecule has 120 valence electrons. The summed E-state index contributed by atoms with van der Waals surface area (Å²) in [5.41, 5.74) is -0.416. The Labute approximate surface area is 141 Å². The summed E-state index contributed by atoms with van der Waals surface area (Å²) in [6.07, 6.45) is 0. The van der Waals surface area contributed by atoms with E-state index in [1.807, 2.05) is 0 Å². The van der Waals surface area contributed by atoms with Crippen molar-refractivity contribution in [1.82, 2.24) is 0 Å². The van der Waals surface area contributed by atoms with Gasteiger partial charge in [0.05, 0.1) is 9.95 Å². The second-order valence-electron chi connectivity index (χ2n) is 4.33. The van der Waals surface area contributed by atoms with Gasteiger partial charge in [0.15, 0.2) is 0 Å². The number of carbonyl (C=O) groups excluding carboxylic acids is 1. The van der Waals surface area contributed by atoms with Gasteiger partial charge in [0.2, 0.25) is 0 Å². The summed E-state index contributed by atoms with van der Waals surface area (Å²) in [4.78, 5) is 22.1. The molecule has 0 saturated heterocycles. The van der Waals surface area contributed by atoms with Gasteiger partial charge in [-0.15, -0.1) is 0 Å². The summed E-state index contributed by atoms with van der Waals surface area (Å²) >= 11 is 11.7. The number of nitro benzene ring substituents is 1. The van der Waals surface area contributed by atoms with Crippen molar-refractivity contribution in [2.75, 3.05) is 13.2 Å². The minimum atomic E-state index is -0.789. The molecule has 2 aromatic carbocycles. The largest absolute Gasteiger partial charge is 0.488 e. The van der Waals surface area contributed by atoms with Crippen molar-refractivity contribution < 1.29 is 19.2 Å². The van der Waals surface area contributed by atoms with Crippen molar-refractivity contribution in [2.24, 2.45) is 0 Å². The normalized spacial score (nSPS) is 10.2. The quantitative estimate of drug-likeness (QED) is 0.336. The highest BCUT2D eigenvalue weighted by Crippen LogP contribution is 2.27. The van der Waals surface area contributed by atoms with E-state index < -0.39 is 10.9 Å². The maximum atomic E-state index is 11.9. The molecule has 0 spiro atoms. The van der Waals surface area contributed by atoms with Crippen molar-refractivity contribution in [3.63, 3.8) is 0 Å². The van der Waals surface area contributed by atoms with E-state index in [4.69, 9.17) is 32.7 Å². The van der Waals surface area contributed by atoms with Crippen molar-refractivity contribution in [2.45, 2.75) is 0 Å². The molecule has 2 rings (SSSR count). The Morgan fingerprint density at radius 3 is 2.57 bits per heavy atom. The number of benzene rings is 2. The number of nitrogens with zero attached hydrogens (tertiary/aromatic N) is 1. The van der Waals surface area contributed by atoms with Gasteiger partial charge in [0.25, 0.3) is 5.69 Å². The standard InChI is InChI=1S/C15H11Cl2NO5/c16-10-5-6-14(12(17)9-10)22-7-8-23-15(19)11-3-1-2-4-13(11)18(20)21/h1-6,9H,7-8H2. The van der Waals surface area contributed by atoms with Crippen LogP contribution in [0.4, 0.5) is 5.69 Å². The predicted molar refractivity (Wildman–Crippen MR) is 85.3 cm³/mol. The van der Waals surface area contributed by atoms with E-state index in [1.165, 1.54) is 30.3 Å². The van der Waals surface area contributed by atoms with Gasteiger partial charge in [-0.05, 0) is 24.3 Å². The second-order valence-corrected chi connectivity index (χ2v) is 5.18. The van der Waals surface area contributed by atoms with Crippen molar-refractivity contribution >= 4 is 34.9 Å². The molecule has 0 aromatic heterocycles. The maximum absolute atomic E-state index is 11.9. The molecule has 0 radical (unpaired) electrons. The Balaban J connectivity index is 1.89. The summed E-state index contributed by atoms with van der Waals surface area (Å²) < 4.78 is 10.3. The fourth-order valence-electron chi connectivity index (χ4n) is 1.76. The Kier molecular flexibility index (Phi) is 5.78. The molecular weight excluding hydrogens is 345 g/mol. The average Bonchev–Trinajstić information content (AvgIpc) is 2.53. The van der Waals surface area contributed by atoms with E-state index in [-0.39, 0.29) is 24.5 Å². The highest BCUT2D eigenvalue weighted by Gasteiger charge is 2.20. The number of esters is 1. The van der Waals surface area contributed by atoms with Crippen LogP contribution in [0, 0.1) is 10.1 Å². The summed E-state index contributed by atoms with van der Waals surface area (Å²) in [6.45, 7) is -0.0302. The first-order chi connectivity index (χ1) is 11.0. The van der Waals surface area contributed by atoms with E-state index in [0.717, 1.165) is 0 Å². The van der Waals surface area contributed by atoms with E-state index in [0.29, 0.717) is 15.8 Å². The molecular formula is C15H11Cl2NO5. The van der Waals surface area contributed by atoms with Gasteiger partial charge in [-0.2, -0.15) is 0 Å².